The minimum Gasteiger partial charge on any atom is -0.485 e. The van der Waals surface area contributed by atoms with Crippen molar-refractivity contribution in [1.82, 2.24) is 9.38 Å². The maximum absolute atomic E-state index is 6.02. The van der Waals surface area contributed by atoms with Gasteiger partial charge in [-0.1, -0.05) is 23.8 Å². The molecule has 2 N–H and O–H groups in total. The van der Waals surface area contributed by atoms with Gasteiger partial charge in [0.05, 0.1) is 0 Å². The number of halogens is 1. The lowest BCUT2D eigenvalue weighted by Crippen LogP contribution is -2.05. The highest BCUT2D eigenvalue weighted by Gasteiger charge is 2.08. The van der Waals surface area contributed by atoms with E-state index in [1.165, 1.54) is 16.7 Å². The van der Waals surface area contributed by atoms with E-state index in [0.29, 0.717) is 13.2 Å². The molecule has 0 fully saturated rings. The second kappa shape index (κ2) is 7.49. The molecule has 4 nitrogen and oxygen atoms in total. The predicted molar refractivity (Wildman–Crippen MR) is 95.4 cm³/mol. The van der Waals surface area contributed by atoms with Crippen LogP contribution in [0.4, 0.5) is 0 Å². The molecule has 5 heteroatoms. The molecule has 0 aliphatic carbocycles. The predicted octanol–water partition coefficient (Wildman–Crippen LogP) is 3.45. The Morgan fingerprint density at radius 3 is 2.83 bits per heavy atom. The quantitative estimate of drug-likeness (QED) is 0.779. The summed E-state index contributed by atoms with van der Waals surface area (Å²) in [5.41, 5.74) is 11.3. The van der Waals surface area contributed by atoms with Crippen molar-refractivity contribution in [2.24, 2.45) is 5.73 Å². The highest BCUT2D eigenvalue weighted by Crippen LogP contribution is 2.22. The number of nitrogens with zero attached hydrogens (tertiary/aromatic N) is 2. The standard InChI is InChI=1S/C18H21N3O.ClH/c1-13-5-6-14(2)15(10-13)12-22-17-4-3-9-21-16(7-8-19)11-20-18(17)21;/h3-6,9-11H,7-8,12,19H2,1-2H3;1H. The first kappa shape index (κ1) is 17.3. The van der Waals surface area contributed by atoms with Gasteiger partial charge in [-0.15, -0.1) is 12.4 Å². The third-order valence-corrected chi connectivity index (χ3v) is 3.86. The second-order valence-electron chi connectivity index (χ2n) is 5.57. The Bertz CT molecular complexity index is 798. The lowest BCUT2D eigenvalue weighted by molar-refractivity contribution is 0.307. The molecule has 0 radical (unpaired) electrons. The summed E-state index contributed by atoms with van der Waals surface area (Å²) in [6.45, 7) is 5.36. The summed E-state index contributed by atoms with van der Waals surface area (Å²) in [7, 11) is 0. The molecule has 2 heterocycles. The summed E-state index contributed by atoms with van der Waals surface area (Å²) in [6.07, 6.45) is 4.67. The lowest BCUT2D eigenvalue weighted by Gasteiger charge is -2.11. The van der Waals surface area contributed by atoms with E-state index in [1.54, 1.807) is 0 Å². The molecule has 0 amide bonds. The number of hydrogen-bond donors (Lipinski definition) is 1. The first-order valence-electron chi connectivity index (χ1n) is 7.53. The van der Waals surface area contributed by atoms with Crippen LogP contribution >= 0.6 is 12.4 Å². The van der Waals surface area contributed by atoms with Gasteiger partial charge in [0, 0.05) is 24.5 Å². The molecule has 0 spiro atoms. The minimum absolute atomic E-state index is 0. The van der Waals surface area contributed by atoms with Crippen molar-refractivity contribution in [2.75, 3.05) is 6.54 Å². The van der Waals surface area contributed by atoms with E-state index in [1.807, 2.05) is 28.9 Å². The van der Waals surface area contributed by atoms with E-state index in [-0.39, 0.29) is 12.4 Å². The zero-order chi connectivity index (χ0) is 15.5. The van der Waals surface area contributed by atoms with Gasteiger partial charge in [0.1, 0.15) is 6.61 Å². The summed E-state index contributed by atoms with van der Waals surface area (Å²) in [4.78, 5) is 4.47. The van der Waals surface area contributed by atoms with Crippen molar-refractivity contribution in [1.29, 1.82) is 0 Å². The summed E-state index contributed by atoms with van der Waals surface area (Å²) in [5.74, 6) is 0.798. The van der Waals surface area contributed by atoms with Crippen LogP contribution in [-0.4, -0.2) is 15.9 Å². The molecule has 0 atom stereocenters. The van der Waals surface area contributed by atoms with E-state index < -0.39 is 0 Å². The van der Waals surface area contributed by atoms with Crippen molar-refractivity contribution in [3.63, 3.8) is 0 Å². The molecule has 0 bridgehead atoms. The van der Waals surface area contributed by atoms with Gasteiger partial charge < -0.3 is 14.9 Å². The fourth-order valence-corrected chi connectivity index (χ4v) is 2.59. The molecule has 0 aliphatic rings. The number of rotatable bonds is 5. The van der Waals surface area contributed by atoms with Crippen LogP contribution in [0.1, 0.15) is 22.4 Å². The molecule has 23 heavy (non-hydrogen) atoms. The Morgan fingerprint density at radius 1 is 1.22 bits per heavy atom. The minimum atomic E-state index is 0. The van der Waals surface area contributed by atoms with Gasteiger partial charge in [-0.2, -0.15) is 0 Å². The van der Waals surface area contributed by atoms with Gasteiger partial charge in [0.25, 0.3) is 0 Å². The first-order valence-corrected chi connectivity index (χ1v) is 7.53. The van der Waals surface area contributed by atoms with Crippen LogP contribution < -0.4 is 10.5 Å². The summed E-state index contributed by atoms with van der Waals surface area (Å²) in [6, 6.07) is 10.4. The van der Waals surface area contributed by atoms with Crippen LogP contribution in [0, 0.1) is 13.8 Å². The average molecular weight is 332 g/mol. The Morgan fingerprint density at radius 2 is 2.04 bits per heavy atom. The Labute approximate surface area is 142 Å². The maximum Gasteiger partial charge on any atom is 0.179 e. The molecule has 122 valence electrons. The summed E-state index contributed by atoms with van der Waals surface area (Å²) in [5, 5.41) is 0. The number of fused-ring (bicyclic) bond motifs is 1. The summed E-state index contributed by atoms with van der Waals surface area (Å²) < 4.78 is 8.06. The number of aromatic nitrogens is 2. The van der Waals surface area contributed by atoms with Crippen molar-refractivity contribution in [3.05, 3.63) is 65.1 Å². The fourth-order valence-electron chi connectivity index (χ4n) is 2.59. The van der Waals surface area contributed by atoms with E-state index in [9.17, 15) is 0 Å². The molecular formula is C18H22ClN3O. The van der Waals surface area contributed by atoms with E-state index in [2.05, 4.69) is 37.0 Å². The summed E-state index contributed by atoms with van der Waals surface area (Å²) >= 11 is 0. The average Bonchev–Trinajstić information content (AvgIpc) is 2.92. The van der Waals surface area contributed by atoms with Crippen molar-refractivity contribution < 1.29 is 4.74 Å². The fraction of sp³-hybridized carbons (Fsp3) is 0.278. The monoisotopic (exact) mass is 331 g/mol. The molecule has 1 aromatic carbocycles. The van der Waals surface area contributed by atoms with Crippen molar-refractivity contribution >= 4 is 18.1 Å². The van der Waals surface area contributed by atoms with Crippen LogP contribution in [0.25, 0.3) is 5.65 Å². The van der Waals surface area contributed by atoms with Gasteiger partial charge in [-0.05, 0) is 43.7 Å². The number of ether oxygens (including phenoxy) is 1. The Balaban J connectivity index is 0.00000192. The highest BCUT2D eigenvalue weighted by atomic mass is 35.5. The zero-order valence-corrected chi connectivity index (χ0v) is 14.3. The number of benzene rings is 1. The van der Waals surface area contributed by atoms with Gasteiger partial charge in [0.15, 0.2) is 11.4 Å². The topological polar surface area (TPSA) is 52.5 Å². The van der Waals surface area contributed by atoms with Gasteiger partial charge in [0.2, 0.25) is 0 Å². The van der Waals surface area contributed by atoms with Gasteiger partial charge in [-0.25, -0.2) is 4.98 Å². The van der Waals surface area contributed by atoms with Crippen LogP contribution in [0.3, 0.4) is 0 Å². The smallest absolute Gasteiger partial charge is 0.179 e. The molecule has 0 saturated carbocycles. The van der Waals surface area contributed by atoms with Crippen LogP contribution in [0.15, 0.2) is 42.7 Å². The third kappa shape index (κ3) is 3.66. The SMILES string of the molecule is Cc1ccc(C)c(COc2cccn3c(CCN)cnc23)c1.Cl. The lowest BCUT2D eigenvalue weighted by atomic mass is 10.1. The largest absolute Gasteiger partial charge is 0.485 e. The first-order chi connectivity index (χ1) is 10.7. The number of pyridine rings is 1. The number of aryl methyl sites for hydroxylation is 2. The van der Waals surface area contributed by atoms with Crippen molar-refractivity contribution in [2.45, 2.75) is 26.9 Å². The van der Waals surface area contributed by atoms with Gasteiger partial charge >= 0.3 is 0 Å². The highest BCUT2D eigenvalue weighted by molar-refractivity contribution is 5.85. The third-order valence-electron chi connectivity index (χ3n) is 3.86. The second-order valence-corrected chi connectivity index (χ2v) is 5.57. The van der Waals surface area contributed by atoms with Crippen molar-refractivity contribution in [3.8, 4) is 5.75 Å². The van der Waals surface area contributed by atoms with Crippen LogP contribution in [0.5, 0.6) is 5.75 Å². The number of hydrogen-bond acceptors (Lipinski definition) is 3. The zero-order valence-electron chi connectivity index (χ0n) is 13.5. The molecule has 0 unspecified atom stereocenters. The van der Waals surface area contributed by atoms with Crippen LogP contribution in [-0.2, 0) is 13.0 Å². The molecule has 2 aromatic heterocycles. The number of imidazole rings is 1. The normalized spacial score (nSPS) is 10.6. The molecule has 3 rings (SSSR count). The van der Waals surface area contributed by atoms with E-state index in [0.717, 1.165) is 23.5 Å². The maximum atomic E-state index is 6.02. The molecule has 3 aromatic rings. The Hall–Kier alpha value is -2.04. The van der Waals surface area contributed by atoms with E-state index in [4.69, 9.17) is 10.5 Å². The molecule has 0 saturated heterocycles. The molecular weight excluding hydrogens is 310 g/mol. The number of nitrogens with two attached hydrogens (primary N) is 1. The van der Waals surface area contributed by atoms with Crippen LogP contribution in [0.2, 0.25) is 0 Å². The van der Waals surface area contributed by atoms with Gasteiger partial charge in [-0.3, -0.25) is 0 Å². The molecule has 0 aliphatic heterocycles. The van der Waals surface area contributed by atoms with E-state index >= 15 is 0 Å². The Kier molecular flexibility index (Phi) is 5.64.